The van der Waals surface area contributed by atoms with Crippen LogP contribution in [0.3, 0.4) is 0 Å². The van der Waals surface area contributed by atoms with Crippen LogP contribution in [-0.4, -0.2) is 62.9 Å². The van der Waals surface area contributed by atoms with E-state index in [9.17, 15) is 17.6 Å². The van der Waals surface area contributed by atoms with Crippen LogP contribution in [0.2, 0.25) is 5.02 Å². The lowest BCUT2D eigenvalue weighted by Crippen LogP contribution is -2.51. The molecule has 0 radical (unpaired) electrons. The van der Waals surface area contributed by atoms with Gasteiger partial charge in [-0.15, -0.1) is 11.3 Å². The maximum absolute atomic E-state index is 15.0. The molecule has 2 aliphatic rings. The maximum Gasteiger partial charge on any atom is 0.294 e. The lowest BCUT2D eigenvalue weighted by Gasteiger charge is -2.41. The molecule has 4 atom stereocenters. The van der Waals surface area contributed by atoms with Gasteiger partial charge < -0.3 is 15.0 Å². The molecule has 1 saturated carbocycles. The Morgan fingerprint density at radius 2 is 2.14 bits per heavy atom. The van der Waals surface area contributed by atoms with Crippen molar-refractivity contribution in [2.24, 2.45) is 10.9 Å². The van der Waals surface area contributed by atoms with E-state index in [0.29, 0.717) is 25.1 Å². The van der Waals surface area contributed by atoms with Crippen molar-refractivity contribution < 1.29 is 22.3 Å². The van der Waals surface area contributed by atoms with Gasteiger partial charge >= 0.3 is 0 Å². The highest BCUT2D eigenvalue weighted by atomic mass is 35.5. The Morgan fingerprint density at radius 1 is 1.34 bits per heavy atom. The van der Waals surface area contributed by atoms with Crippen LogP contribution in [0, 0.1) is 11.7 Å². The Hall–Kier alpha value is -2.28. The van der Waals surface area contributed by atoms with Crippen molar-refractivity contribution >= 4 is 56.5 Å². The average molecular weight is 544 g/mol. The van der Waals surface area contributed by atoms with Crippen molar-refractivity contribution in [1.82, 2.24) is 9.88 Å². The zero-order valence-electron chi connectivity index (χ0n) is 19.1. The first kappa shape index (κ1) is 25.8. The standard InChI is InChI=1S/C22H27ClFN5O4S2/c1-25-11-14-8-21(33-13-30)29(12-14)19-5-3-2-4-17(19)27-18-10-16(24)20(9-15(18)23)35(31,32)28-22-26-6-7-34-22/h6-7,9-11,13-14,17,19,21,27H,2-5,8,12H2,1H3,(H,26,28)/t14-,17-,19-,21?/m0/s1. The molecule has 190 valence electrons. The number of hydrogen-bond acceptors (Lipinski definition) is 9. The summed E-state index contributed by atoms with van der Waals surface area (Å²) < 4.78 is 47.9. The number of nitrogens with one attached hydrogen (secondary N) is 2. The summed E-state index contributed by atoms with van der Waals surface area (Å²) in [7, 11) is -2.48. The van der Waals surface area contributed by atoms with E-state index in [1.807, 2.05) is 6.21 Å². The molecule has 0 spiro atoms. The van der Waals surface area contributed by atoms with E-state index in [1.165, 1.54) is 6.20 Å². The van der Waals surface area contributed by atoms with Gasteiger partial charge in [-0.2, -0.15) is 0 Å². The highest BCUT2D eigenvalue weighted by Gasteiger charge is 2.41. The third kappa shape index (κ3) is 5.93. The Balaban J connectivity index is 1.55. The minimum atomic E-state index is -4.19. The number of hydrogen-bond donors (Lipinski definition) is 2. The number of anilines is 2. The second-order valence-electron chi connectivity index (χ2n) is 8.59. The minimum Gasteiger partial charge on any atom is -0.449 e. The van der Waals surface area contributed by atoms with Gasteiger partial charge in [0, 0.05) is 55.8 Å². The topological polar surface area (TPSA) is 113 Å². The highest BCUT2D eigenvalue weighted by Crippen LogP contribution is 2.36. The molecular formula is C22H27ClFN5O4S2. The van der Waals surface area contributed by atoms with Crippen molar-refractivity contribution in [1.29, 1.82) is 0 Å². The molecule has 2 aromatic rings. The van der Waals surface area contributed by atoms with Gasteiger partial charge in [-0.3, -0.25) is 14.4 Å². The Morgan fingerprint density at radius 3 is 2.86 bits per heavy atom. The summed E-state index contributed by atoms with van der Waals surface area (Å²) in [6.45, 7) is 1.17. The number of benzene rings is 1. The van der Waals surface area contributed by atoms with Crippen LogP contribution in [0.25, 0.3) is 0 Å². The number of thiazole rings is 1. The first-order valence-electron chi connectivity index (χ1n) is 11.3. The number of carbonyl (C=O) groups excluding carboxylic acids is 1. The third-order valence-corrected chi connectivity index (χ3v) is 8.84. The predicted molar refractivity (Wildman–Crippen MR) is 134 cm³/mol. The van der Waals surface area contributed by atoms with E-state index in [2.05, 4.69) is 24.9 Å². The second kappa shape index (κ2) is 11.2. The number of ether oxygens (including phenoxy) is 1. The van der Waals surface area contributed by atoms with E-state index in [-0.39, 0.29) is 34.4 Å². The van der Waals surface area contributed by atoms with Gasteiger partial charge in [-0.1, -0.05) is 24.4 Å². The quantitative estimate of drug-likeness (QED) is 0.363. The van der Waals surface area contributed by atoms with Crippen LogP contribution >= 0.6 is 22.9 Å². The zero-order chi connectivity index (χ0) is 25.0. The SMILES string of the molecule is CN=C[C@@H]1CC(OC=O)N([C@H]2CCCC[C@@H]2Nc2cc(F)c(S(=O)(=O)Nc3nccs3)cc2Cl)C1. The van der Waals surface area contributed by atoms with Crippen molar-refractivity contribution in [3.05, 3.63) is 34.5 Å². The van der Waals surface area contributed by atoms with E-state index in [4.69, 9.17) is 16.3 Å². The van der Waals surface area contributed by atoms with E-state index < -0.39 is 20.7 Å². The van der Waals surface area contributed by atoms with Crippen molar-refractivity contribution in [3.63, 3.8) is 0 Å². The van der Waals surface area contributed by atoms with Crippen molar-refractivity contribution in [2.45, 2.75) is 55.3 Å². The molecule has 1 saturated heterocycles. The average Bonchev–Trinajstić information content (AvgIpc) is 3.46. The van der Waals surface area contributed by atoms with Crippen molar-refractivity contribution in [3.8, 4) is 0 Å². The lowest BCUT2D eigenvalue weighted by atomic mass is 9.89. The molecule has 2 fully saturated rings. The summed E-state index contributed by atoms with van der Waals surface area (Å²) in [4.78, 5) is 20.7. The molecule has 13 heteroatoms. The Labute approximate surface area is 212 Å². The molecular weight excluding hydrogens is 517 g/mol. The normalized spacial score (nSPS) is 25.6. The van der Waals surface area contributed by atoms with Gasteiger partial charge in [0.05, 0.1) is 10.7 Å². The molecule has 2 heterocycles. The van der Waals surface area contributed by atoms with Crippen LogP contribution in [0.4, 0.5) is 15.2 Å². The molecule has 9 nitrogen and oxygen atoms in total. The van der Waals surface area contributed by atoms with E-state index in [0.717, 1.165) is 49.2 Å². The fourth-order valence-corrected chi connectivity index (χ4v) is 7.05. The number of aromatic nitrogens is 1. The van der Waals surface area contributed by atoms with Gasteiger partial charge in [0.15, 0.2) is 11.4 Å². The molecule has 4 rings (SSSR count). The fourth-order valence-electron chi connectivity index (χ4n) is 4.89. The van der Waals surface area contributed by atoms with Crippen molar-refractivity contribution in [2.75, 3.05) is 23.6 Å². The predicted octanol–water partition coefficient (Wildman–Crippen LogP) is 3.98. The molecule has 1 aromatic carbocycles. The summed E-state index contributed by atoms with van der Waals surface area (Å²) >= 11 is 7.51. The fraction of sp³-hybridized carbons (Fsp3) is 0.500. The smallest absolute Gasteiger partial charge is 0.294 e. The van der Waals surface area contributed by atoms with Crippen LogP contribution < -0.4 is 10.0 Å². The zero-order valence-corrected chi connectivity index (χ0v) is 21.5. The molecule has 1 unspecified atom stereocenters. The van der Waals surface area contributed by atoms with Gasteiger partial charge in [-0.25, -0.2) is 17.8 Å². The number of nitrogens with zero attached hydrogens (tertiary/aromatic N) is 3. The molecule has 1 aliphatic carbocycles. The van der Waals surface area contributed by atoms with Gasteiger partial charge in [-0.05, 0) is 25.0 Å². The number of likely N-dealkylation sites (tertiary alicyclic amines) is 1. The molecule has 2 N–H and O–H groups in total. The molecule has 1 aromatic heterocycles. The molecule has 1 aliphatic heterocycles. The van der Waals surface area contributed by atoms with E-state index >= 15 is 0 Å². The van der Waals surface area contributed by atoms with Gasteiger partial charge in [0.25, 0.3) is 16.5 Å². The van der Waals surface area contributed by atoms with E-state index in [1.54, 1.807) is 12.4 Å². The summed E-state index contributed by atoms with van der Waals surface area (Å²) in [6, 6.07) is 2.15. The summed E-state index contributed by atoms with van der Waals surface area (Å²) in [6.07, 6.45) is 7.29. The first-order chi connectivity index (χ1) is 16.8. The number of carbonyl (C=O) groups is 1. The molecule has 0 bridgehead atoms. The van der Waals surface area contributed by atoms with Gasteiger partial charge in [0.1, 0.15) is 10.7 Å². The Kier molecular flexibility index (Phi) is 8.25. The second-order valence-corrected chi connectivity index (χ2v) is 11.5. The van der Waals surface area contributed by atoms with Crippen LogP contribution in [0.1, 0.15) is 32.1 Å². The third-order valence-electron chi connectivity index (χ3n) is 6.35. The summed E-state index contributed by atoms with van der Waals surface area (Å²) in [5, 5.41) is 5.17. The summed E-state index contributed by atoms with van der Waals surface area (Å²) in [5.41, 5.74) is 0.313. The van der Waals surface area contributed by atoms with Crippen LogP contribution in [0.5, 0.6) is 0 Å². The lowest BCUT2D eigenvalue weighted by molar-refractivity contribution is -0.143. The molecule has 35 heavy (non-hydrogen) atoms. The largest absolute Gasteiger partial charge is 0.449 e. The van der Waals surface area contributed by atoms with Crippen LogP contribution in [0.15, 0.2) is 33.6 Å². The van der Waals surface area contributed by atoms with Crippen LogP contribution in [-0.2, 0) is 19.6 Å². The monoisotopic (exact) mass is 543 g/mol. The number of sulfonamides is 1. The maximum atomic E-state index is 15.0. The minimum absolute atomic E-state index is 0.0260. The van der Waals surface area contributed by atoms with Gasteiger partial charge in [0.2, 0.25) is 0 Å². The molecule has 0 amide bonds. The number of rotatable bonds is 9. The number of halogens is 2. The summed E-state index contributed by atoms with van der Waals surface area (Å²) in [5.74, 6) is -0.751. The first-order valence-corrected chi connectivity index (χ1v) is 14.0. The number of aliphatic imine (C=N–C) groups is 1. The highest BCUT2D eigenvalue weighted by molar-refractivity contribution is 7.93. The Bertz CT molecular complexity index is 1160.